The third-order valence-corrected chi connectivity index (χ3v) is 6.09. The van der Waals surface area contributed by atoms with Gasteiger partial charge in [0.15, 0.2) is 13.2 Å². The number of ether oxygens (including phenoxy) is 2. The molecule has 1 aliphatic rings. The van der Waals surface area contributed by atoms with Gasteiger partial charge in [-0.05, 0) is 38.1 Å². The van der Waals surface area contributed by atoms with E-state index in [1.54, 1.807) is 32.0 Å². The van der Waals surface area contributed by atoms with Crippen LogP contribution in [-0.4, -0.2) is 22.0 Å². The molecule has 2 aromatic carbocycles. The zero-order valence-corrected chi connectivity index (χ0v) is 20.7. The summed E-state index contributed by atoms with van der Waals surface area (Å²) in [5.41, 5.74) is 0.852. The molecular formula is C22H15Cl4N3O5. The van der Waals surface area contributed by atoms with Crippen LogP contribution in [0, 0.1) is 0 Å². The maximum atomic E-state index is 12.5. The SMILES string of the molecule is CC1=C(C)C(=O)N(c2cc(OCc3nc(COc4ccc(Cl)cc4Cl)no3)c(Cl)cc2Cl)C1=O. The number of halogens is 4. The number of rotatable bonds is 7. The van der Waals surface area contributed by atoms with Gasteiger partial charge in [-0.15, -0.1) is 0 Å². The summed E-state index contributed by atoms with van der Waals surface area (Å²) >= 11 is 24.4. The molecule has 1 aliphatic heterocycles. The molecule has 2 heterocycles. The quantitative estimate of drug-likeness (QED) is 0.335. The fourth-order valence-corrected chi connectivity index (χ4v) is 4.03. The second kappa shape index (κ2) is 9.84. The molecule has 0 aliphatic carbocycles. The summed E-state index contributed by atoms with van der Waals surface area (Å²) in [5, 5.41) is 4.96. The van der Waals surface area contributed by atoms with Crippen LogP contribution in [0.3, 0.4) is 0 Å². The first kappa shape index (κ1) is 24.3. The van der Waals surface area contributed by atoms with Gasteiger partial charge in [0.2, 0.25) is 5.82 Å². The Hall–Kier alpha value is -2.78. The lowest BCUT2D eigenvalue weighted by Gasteiger charge is -2.18. The molecule has 0 unspecified atom stereocenters. The molecular weight excluding hydrogens is 528 g/mol. The van der Waals surface area contributed by atoms with E-state index in [1.165, 1.54) is 12.1 Å². The van der Waals surface area contributed by atoms with Crippen molar-refractivity contribution in [1.82, 2.24) is 10.1 Å². The van der Waals surface area contributed by atoms with Gasteiger partial charge in [0.05, 0.1) is 20.8 Å². The summed E-state index contributed by atoms with van der Waals surface area (Å²) in [6.07, 6.45) is 0. The van der Waals surface area contributed by atoms with E-state index in [2.05, 4.69) is 10.1 Å². The first-order chi connectivity index (χ1) is 16.2. The minimum Gasteiger partial charge on any atom is -0.484 e. The van der Waals surface area contributed by atoms with Crippen LogP contribution in [0.5, 0.6) is 11.5 Å². The van der Waals surface area contributed by atoms with Crippen LogP contribution in [-0.2, 0) is 22.8 Å². The topological polar surface area (TPSA) is 94.8 Å². The first-order valence-corrected chi connectivity index (χ1v) is 11.2. The highest BCUT2D eigenvalue weighted by molar-refractivity contribution is 6.41. The van der Waals surface area contributed by atoms with Crippen LogP contribution < -0.4 is 14.4 Å². The normalized spacial score (nSPS) is 13.8. The molecule has 0 bridgehead atoms. The van der Waals surface area contributed by atoms with Crippen molar-refractivity contribution in [3.8, 4) is 11.5 Å². The van der Waals surface area contributed by atoms with Crippen molar-refractivity contribution >= 4 is 63.9 Å². The standard InChI is InChI=1S/C22H15Cl4N3O5/c1-10-11(2)22(31)29(21(10)30)16-7-18(15(26)6-13(16)24)33-9-20-27-19(28-34-20)8-32-17-4-3-12(23)5-14(17)25/h3-7H,8-9H2,1-2H3. The number of amides is 2. The maximum Gasteiger partial charge on any atom is 0.264 e. The van der Waals surface area contributed by atoms with Crippen molar-refractivity contribution in [2.24, 2.45) is 0 Å². The molecule has 1 aromatic heterocycles. The molecule has 0 saturated carbocycles. The second-order valence-electron chi connectivity index (χ2n) is 7.19. The van der Waals surface area contributed by atoms with E-state index in [0.717, 1.165) is 4.90 Å². The van der Waals surface area contributed by atoms with Gasteiger partial charge < -0.3 is 14.0 Å². The van der Waals surface area contributed by atoms with Crippen LogP contribution in [0.25, 0.3) is 0 Å². The molecule has 176 valence electrons. The lowest BCUT2D eigenvalue weighted by molar-refractivity contribution is -0.120. The number of carbonyl (C=O) groups excluding carboxylic acids is 2. The third kappa shape index (κ3) is 4.86. The Kier molecular flexibility index (Phi) is 7.04. The van der Waals surface area contributed by atoms with E-state index in [9.17, 15) is 9.59 Å². The summed E-state index contributed by atoms with van der Waals surface area (Å²) in [5.74, 6) is 0.0841. The molecule has 0 spiro atoms. The fraction of sp³-hybridized carbons (Fsp3) is 0.182. The van der Waals surface area contributed by atoms with Gasteiger partial charge >= 0.3 is 0 Å². The number of hydrogen-bond acceptors (Lipinski definition) is 7. The highest BCUT2D eigenvalue weighted by Gasteiger charge is 2.36. The number of nitrogens with zero attached hydrogens (tertiary/aromatic N) is 3. The Bertz CT molecular complexity index is 1310. The van der Waals surface area contributed by atoms with Gasteiger partial charge in [0.25, 0.3) is 17.7 Å². The number of aromatic nitrogens is 2. The highest BCUT2D eigenvalue weighted by Crippen LogP contribution is 2.39. The molecule has 0 N–H and O–H groups in total. The number of carbonyl (C=O) groups is 2. The van der Waals surface area contributed by atoms with E-state index in [0.29, 0.717) is 26.9 Å². The largest absolute Gasteiger partial charge is 0.484 e. The Morgan fingerprint density at radius 2 is 1.50 bits per heavy atom. The van der Waals surface area contributed by atoms with Crippen LogP contribution in [0.1, 0.15) is 25.6 Å². The van der Waals surface area contributed by atoms with Crippen molar-refractivity contribution < 1.29 is 23.6 Å². The van der Waals surface area contributed by atoms with E-state index in [-0.39, 0.29) is 46.4 Å². The van der Waals surface area contributed by atoms with Crippen molar-refractivity contribution in [2.45, 2.75) is 27.1 Å². The van der Waals surface area contributed by atoms with Crippen molar-refractivity contribution in [2.75, 3.05) is 4.90 Å². The molecule has 12 heteroatoms. The molecule has 0 fully saturated rings. The Morgan fingerprint density at radius 3 is 2.18 bits per heavy atom. The predicted octanol–water partition coefficient (Wildman–Crippen LogP) is 6.05. The molecule has 0 saturated heterocycles. The van der Waals surface area contributed by atoms with Crippen molar-refractivity contribution in [3.63, 3.8) is 0 Å². The summed E-state index contributed by atoms with van der Waals surface area (Å²) in [4.78, 5) is 30.2. The lowest BCUT2D eigenvalue weighted by atomic mass is 10.2. The zero-order valence-electron chi connectivity index (χ0n) is 17.7. The first-order valence-electron chi connectivity index (χ1n) is 9.73. The monoisotopic (exact) mass is 541 g/mol. The van der Waals surface area contributed by atoms with E-state index in [4.69, 9.17) is 60.4 Å². The van der Waals surface area contributed by atoms with Crippen LogP contribution in [0.4, 0.5) is 5.69 Å². The lowest BCUT2D eigenvalue weighted by Crippen LogP contribution is -2.31. The molecule has 0 atom stereocenters. The van der Waals surface area contributed by atoms with Gasteiger partial charge in [-0.2, -0.15) is 4.98 Å². The minimum absolute atomic E-state index is 0.00157. The van der Waals surface area contributed by atoms with Crippen LogP contribution in [0.15, 0.2) is 46.0 Å². The summed E-state index contributed by atoms with van der Waals surface area (Å²) in [6, 6.07) is 7.63. The van der Waals surface area contributed by atoms with Crippen LogP contribution in [0.2, 0.25) is 20.1 Å². The molecule has 3 aromatic rings. The number of imide groups is 1. The van der Waals surface area contributed by atoms with E-state index >= 15 is 0 Å². The van der Waals surface area contributed by atoms with Crippen molar-refractivity contribution in [3.05, 3.63) is 73.3 Å². The number of anilines is 1. The van der Waals surface area contributed by atoms with Gasteiger partial charge in [-0.1, -0.05) is 51.6 Å². The van der Waals surface area contributed by atoms with Crippen LogP contribution >= 0.6 is 46.4 Å². The van der Waals surface area contributed by atoms with Crippen molar-refractivity contribution in [1.29, 1.82) is 0 Å². The van der Waals surface area contributed by atoms with E-state index < -0.39 is 11.8 Å². The molecule has 0 radical (unpaired) electrons. The maximum absolute atomic E-state index is 12.5. The Balaban J connectivity index is 1.44. The van der Waals surface area contributed by atoms with Gasteiger partial charge in [-0.3, -0.25) is 9.59 Å². The minimum atomic E-state index is -0.458. The summed E-state index contributed by atoms with van der Waals surface area (Å²) in [6.45, 7) is 3.03. The average molecular weight is 543 g/mol. The molecule has 4 rings (SSSR count). The van der Waals surface area contributed by atoms with E-state index in [1.807, 2.05) is 0 Å². The second-order valence-corrected chi connectivity index (χ2v) is 8.84. The predicted molar refractivity (Wildman–Crippen MR) is 127 cm³/mol. The average Bonchev–Trinajstić information content (AvgIpc) is 3.32. The fourth-order valence-electron chi connectivity index (χ4n) is 3.05. The highest BCUT2D eigenvalue weighted by atomic mass is 35.5. The Morgan fingerprint density at radius 1 is 0.853 bits per heavy atom. The Labute approximate surface area is 213 Å². The zero-order chi connectivity index (χ0) is 24.6. The van der Waals surface area contributed by atoms with Gasteiger partial charge in [0, 0.05) is 22.2 Å². The van der Waals surface area contributed by atoms with Gasteiger partial charge in [-0.25, -0.2) is 4.90 Å². The van der Waals surface area contributed by atoms with Gasteiger partial charge in [0.1, 0.15) is 11.5 Å². The third-order valence-electron chi connectivity index (χ3n) is 4.96. The number of benzene rings is 2. The number of hydrogen-bond donors (Lipinski definition) is 0. The summed E-state index contributed by atoms with van der Waals surface area (Å²) in [7, 11) is 0. The smallest absolute Gasteiger partial charge is 0.264 e. The molecule has 8 nitrogen and oxygen atoms in total. The molecule has 2 amide bonds. The summed E-state index contributed by atoms with van der Waals surface area (Å²) < 4.78 is 16.4. The molecule has 34 heavy (non-hydrogen) atoms.